The van der Waals surface area contributed by atoms with E-state index in [4.69, 9.17) is 16.3 Å². The van der Waals surface area contributed by atoms with Gasteiger partial charge in [0.2, 0.25) is 5.95 Å². The number of nitriles is 1. The first kappa shape index (κ1) is 25.3. The summed E-state index contributed by atoms with van der Waals surface area (Å²) < 4.78 is 7.56. The van der Waals surface area contributed by atoms with Crippen LogP contribution in [0.5, 0.6) is 0 Å². The molecule has 3 atom stereocenters. The van der Waals surface area contributed by atoms with E-state index in [2.05, 4.69) is 26.3 Å². The smallest absolute Gasteiger partial charge is 0.223 e. The van der Waals surface area contributed by atoms with E-state index in [1.807, 2.05) is 31.4 Å². The minimum Gasteiger partial charge on any atom is -0.388 e. The zero-order valence-electron chi connectivity index (χ0n) is 20.6. The third-order valence-corrected chi connectivity index (χ3v) is 6.54. The number of anilines is 1. The largest absolute Gasteiger partial charge is 0.388 e. The lowest BCUT2D eigenvalue weighted by atomic mass is 9.98. The third kappa shape index (κ3) is 4.84. The Hall–Kier alpha value is -2.77. The molecule has 1 saturated heterocycles. The molecule has 0 radical (unpaired) electrons. The monoisotopic (exact) mass is 498 g/mol. The van der Waals surface area contributed by atoms with Gasteiger partial charge in [0.1, 0.15) is 29.1 Å². The number of ether oxygens (including phenoxy) is 1. The highest BCUT2D eigenvalue weighted by Gasteiger charge is 2.32. The maximum absolute atomic E-state index is 10.7. The van der Waals surface area contributed by atoms with Crippen LogP contribution in [-0.2, 0) is 10.3 Å². The highest BCUT2D eigenvalue weighted by Crippen LogP contribution is 2.35. The van der Waals surface area contributed by atoms with Crippen LogP contribution in [0.4, 0.5) is 5.95 Å². The van der Waals surface area contributed by atoms with Gasteiger partial charge in [0, 0.05) is 18.2 Å². The Morgan fingerprint density at radius 3 is 2.71 bits per heavy atom. The molecule has 1 fully saturated rings. The molecule has 0 amide bonds. The average Bonchev–Trinajstić information content (AvgIpc) is 3.21. The fourth-order valence-corrected chi connectivity index (χ4v) is 4.77. The zero-order chi connectivity index (χ0) is 25.5. The Bertz CT molecular complexity index is 1280. The number of rotatable bonds is 6. The lowest BCUT2D eigenvalue weighted by molar-refractivity contribution is -0.0808. The number of imidazole rings is 1. The summed E-state index contributed by atoms with van der Waals surface area (Å²) in [6, 6.07) is 5.54. The first-order valence-corrected chi connectivity index (χ1v) is 12.2. The van der Waals surface area contributed by atoms with Crippen LogP contribution in [0.2, 0.25) is 5.02 Å². The first-order chi connectivity index (χ1) is 16.5. The summed E-state index contributed by atoms with van der Waals surface area (Å²) in [7, 11) is 0. The van der Waals surface area contributed by atoms with E-state index >= 15 is 0 Å². The standard InChI is InChI=1S/C25H31ClN6O3/c1-6-19-22(33)17(7-8-35-19)29-24-28-12-16(26)20(31-24)14-9-15(11-27)21-18(10-14)32(13(2)3)23(30-21)25(4,5)34/h9-10,12-13,17,19,22,33-34H,6-8H2,1-5H3,(H,28,29,31)/t17-,19+,22+/m0/s1. The second kappa shape index (κ2) is 9.70. The van der Waals surface area contributed by atoms with E-state index in [0.717, 1.165) is 0 Å². The van der Waals surface area contributed by atoms with Gasteiger partial charge in [-0.1, -0.05) is 18.5 Å². The molecule has 186 valence electrons. The van der Waals surface area contributed by atoms with E-state index in [0.29, 0.717) is 64.1 Å². The molecule has 4 rings (SSSR count). The van der Waals surface area contributed by atoms with E-state index in [-0.39, 0.29) is 18.2 Å². The Morgan fingerprint density at radius 1 is 1.34 bits per heavy atom. The maximum atomic E-state index is 10.7. The van der Waals surface area contributed by atoms with Crippen molar-refractivity contribution in [2.75, 3.05) is 11.9 Å². The van der Waals surface area contributed by atoms with E-state index < -0.39 is 11.7 Å². The van der Waals surface area contributed by atoms with E-state index in [9.17, 15) is 15.5 Å². The fraction of sp³-hybridized carbons (Fsp3) is 0.520. The number of hydrogen-bond acceptors (Lipinski definition) is 8. The summed E-state index contributed by atoms with van der Waals surface area (Å²) in [5.74, 6) is 0.810. The van der Waals surface area contributed by atoms with Crippen LogP contribution in [0.1, 0.15) is 64.9 Å². The molecule has 1 aliphatic heterocycles. The van der Waals surface area contributed by atoms with Crippen molar-refractivity contribution >= 4 is 28.6 Å². The van der Waals surface area contributed by atoms with E-state index in [1.54, 1.807) is 19.9 Å². The van der Waals surface area contributed by atoms with Crippen LogP contribution in [0, 0.1) is 11.3 Å². The van der Waals surface area contributed by atoms with Crippen molar-refractivity contribution < 1.29 is 14.9 Å². The number of aliphatic hydroxyl groups is 2. The third-order valence-electron chi connectivity index (χ3n) is 6.27. The summed E-state index contributed by atoms with van der Waals surface area (Å²) in [5, 5.41) is 34.8. The van der Waals surface area contributed by atoms with Gasteiger partial charge in [0.25, 0.3) is 0 Å². The molecule has 3 heterocycles. The van der Waals surface area contributed by atoms with Gasteiger partial charge < -0.3 is 24.8 Å². The van der Waals surface area contributed by atoms with Crippen LogP contribution in [0.15, 0.2) is 18.3 Å². The van der Waals surface area contributed by atoms with Gasteiger partial charge in [-0.25, -0.2) is 15.0 Å². The molecule has 10 heteroatoms. The lowest BCUT2D eigenvalue weighted by Crippen LogP contribution is -2.48. The summed E-state index contributed by atoms with van der Waals surface area (Å²) in [6.07, 6.45) is 1.91. The van der Waals surface area contributed by atoms with Crippen LogP contribution in [-0.4, -0.2) is 54.6 Å². The Balaban J connectivity index is 1.80. The minimum atomic E-state index is -1.19. The van der Waals surface area contributed by atoms with Crippen LogP contribution >= 0.6 is 11.6 Å². The summed E-state index contributed by atoms with van der Waals surface area (Å²) in [4.78, 5) is 13.6. The second-order valence-corrected chi connectivity index (χ2v) is 10.1. The van der Waals surface area contributed by atoms with Gasteiger partial charge in [-0.15, -0.1) is 0 Å². The van der Waals surface area contributed by atoms with Crippen molar-refractivity contribution in [2.45, 2.75) is 77.4 Å². The van der Waals surface area contributed by atoms with Gasteiger partial charge in [0.15, 0.2) is 0 Å². The van der Waals surface area contributed by atoms with Crippen molar-refractivity contribution in [2.24, 2.45) is 0 Å². The molecule has 0 unspecified atom stereocenters. The summed E-state index contributed by atoms with van der Waals surface area (Å²) in [5.41, 5.74) is 1.48. The molecule has 0 aliphatic carbocycles. The highest BCUT2D eigenvalue weighted by molar-refractivity contribution is 6.33. The van der Waals surface area contributed by atoms with Crippen molar-refractivity contribution in [1.29, 1.82) is 5.26 Å². The van der Waals surface area contributed by atoms with Crippen LogP contribution in [0.3, 0.4) is 0 Å². The number of nitrogens with zero attached hydrogens (tertiary/aromatic N) is 5. The van der Waals surface area contributed by atoms with Crippen molar-refractivity contribution in [1.82, 2.24) is 19.5 Å². The average molecular weight is 499 g/mol. The number of aromatic nitrogens is 4. The second-order valence-electron chi connectivity index (χ2n) is 9.70. The number of nitrogens with one attached hydrogen (secondary N) is 1. The molecule has 9 nitrogen and oxygen atoms in total. The van der Waals surface area contributed by atoms with E-state index in [1.165, 1.54) is 6.20 Å². The zero-order valence-corrected chi connectivity index (χ0v) is 21.3. The van der Waals surface area contributed by atoms with Crippen LogP contribution in [0.25, 0.3) is 22.3 Å². The van der Waals surface area contributed by atoms with Gasteiger partial charge in [0.05, 0.1) is 40.1 Å². The minimum absolute atomic E-state index is 0.0113. The molecule has 3 aromatic rings. The normalized spacial score (nSPS) is 20.9. The van der Waals surface area contributed by atoms with Crippen molar-refractivity contribution in [3.8, 4) is 17.3 Å². The maximum Gasteiger partial charge on any atom is 0.223 e. The number of hydrogen-bond donors (Lipinski definition) is 3. The SMILES string of the molecule is CC[C@H]1OCC[C@H](Nc2ncc(Cl)c(-c3cc(C#N)c4nc(C(C)(C)O)n(C(C)C)c4c3)n2)[C@H]1O. The first-order valence-electron chi connectivity index (χ1n) is 11.8. The molecular formula is C25H31ClN6O3. The quantitative estimate of drug-likeness (QED) is 0.461. The molecular weight excluding hydrogens is 468 g/mol. The molecule has 1 aromatic carbocycles. The number of halogens is 1. The van der Waals surface area contributed by atoms with Crippen molar-refractivity contribution in [3.63, 3.8) is 0 Å². The highest BCUT2D eigenvalue weighted by atomic mass is 35.5. The molecule has 35 heavy (non-hydrogen) atoms. The van der Waals surface area contributed by atoms with Gasteiger partial charge >= 0.3 is 0 Å². The Kier molecular flexibility index (Phi) is 7.02. The summed E-state index contributed by atoms with van der Waals surface area (Å²) in [6.45, 7) is 9.86. The van der Waals surface area contributed by atoms with Crippen LogP contribution < -0.4 is 5.32 Å². The molecule has 3 N–H and O–H groups in total. The number of benzene rings is 1. The number of fused-ring (bicyclic) bond motifs is 1. The number of aliphatic hydroxyl groups excluding tert-OH is 1. The van der Waals surface area contributed by atoms with Gasteiger partial charge in [-0.2, -0.15) is 5.26 Å². The molecule has 0 saturated carbocycles. The Morgan fingerprint density at radius 2 is 2.09 bits per heavy atom. The predicted octanol–water partition coefficient (Wildman–Crippen LogP) is 4.17. The van der Waals surface area contributed by atoms with Gasteiger partial charge in [-0.05, 0) is 52.7 Å². The Labute approximate surface area is 209 Å². The summed E-state index contributed by atoms with van der Waals surface area (Å²) >= 11 is 6.51. The molecule has 1 aliphatic rings. The van der Waals surface area contributed by atoms with Crippen molar-refractivity contribution in [3.05, 3.63) is 34.7 Å². The fourth-order valence-electron chi connectivity index (χ4n) is 4.57. The molecule has 0 bridgehead atoms. The predicted molar refractivity (Wildman–Crippen MR) is 134 cm³/mol. The van der Waals surface area contributed by atoms with Gasteiger partial charge in [-0.3, -0.25) is 0 Å². The molecule has 2 aromatic heterocycles. The lowest BCUT2D eigenvalue weighted by Gasteiger charge is -2.34. The topological polar surface area (TPSA) is 129 Å². The molecule has 0 spiro atoms.